The second kappa shape index (κ2) is 5.06. The number of carbonyl (C=O) groups is 1. The second-order valence-corrected chi connectivity index (χ2v) is 6.89. The zero-order chi connectivity index (χ0) is 13.5. The van der Waals surface area contributed by atoms with Crippen LogP contribution in [-0.4, -0.2) is 43.0 Å². The van der Waals surface area contributed by atoms with E-state index >= 15 is 0 Å². The first-order chi connectivity index (χ1) is 9.13. The van der Waals surface area contributed by atoms with Gasteiger partial charge in [0.15, 0.2) is 0 Å². The summed E-state index contributed by atoms with van der Waals surface area (Å²) >= 11 is 0. The molecule has 2 heterocycles. The second-order valence-electron chi connectivity index (χ2n) is 6.89. The molecule has 4 nitrogen and oxygen atoms in total. The first-order valence-corrected chi connectivity index (χ1v) is 7.89. The fourth-order valence-electron chi connectivity index (χ4n) is 4.38. The number of amides is 1. The quantitative estimate of drug-likeness (QED) is 0.782. The summed E-state index contributed by atoms with van der Waals surface area (Å²) in [6.45, 7) is 5.80. The number of nitrogens with zero attached hydrogens (tertiary/aromatic N) is 1. The monoisotopic (exact) mass is 265 g/mol. The molecule has 2 unspecified atom stereocenters. The summed E-state index contributed by atoms with van der Waals surface area (Å²) in [7, 11) is 0. The predicted molar refractivity (Wildman–Crippen MR) is 75.6 cm³/mol. The molecule has 1 amide bonds. The Morgan fingerprint density at radius 2 is 2.26 bits per heavy atom. The third-order valence-corrected chi connectivity index (χ3v) is 5.72. The zero-order valence-electron chi connectivity index (χ0n) is 12.0. The molecule has 1 saturated carbocycles. The topological polar surface area (TPSA) is 58.4 Å². The van der Waals surface area contributed by atoms with E-state index in [0.717, 1.165) is 39.0 Å². The Kier molecular flexibility index (Phi) is 3.56. The third kappa shape index (κ3) is 2.19. The van der Waals surface area contributed by atoms with Crippen LogP contribution in [0.3, 0.4) is 0 Å². The van der Waals surface area contributed by atoms with Crippen LogP contribution < -0.4 is 11.1 Å². The van der Waals surface area contributed by atoms with Gasteiger partial charge in [-0.15, -0.1) is 0 Å². The minimum Gasteiger partial charge on any atom is -0.342 e. The van der Waals surface area contributed by atoms with Gasteiger partial charge in [-0.2, -0.15) is 0 Å². The van der Waals surface area contributed by atoms with Gasteiger partial charge in [0.1, 0.15) is 0 Å². The van der Waals surface area contributed by atoms with Gasteiger partial charge in [0.05, 0.1) is 5.41 Å². The highest BCUT2D eigenvalue weighted by Crippen LogP contribution is 2.45. The van der Waals surface area contributed by atoms with Crippen molar-refractivity contribution in [3.05, 3.63) is 0 Å². The SMILES string of the molecule is CC(N)C1CCN(C(=O)[C@@]23CCCC[C@H]2CNC3)C1. The molecule has 0 aromatic heterocycles. The Hall–Kier alpha value is -0.610. The van der Waals surface area contributed by atoms with Crippen molar-refractivity contribution in [3.63, 3.8) is 0 Å². The number of rotatable bonds is 2. The molecular formula is C15H27N3O. The van der Waals surface area contributed by atoms with Crippen LogP contribution in [0.15, 0.2) is 0 Å². The van der Waals surface area contributed by atoms with Crippen LogP contribution in [0.25, 0.3) is 0 Å². The lowest BCUT2D eigenvalue weighted by atomic mass is 9.67. The van der Waals surface area contributed by atoms with Gasteiger partial charge >= 0.3 is 0 Å². The van der Waals surface area contributed by atoms with Gasteiger partial charge in [0.25, 0.3) is 0 Å². The molecule has 0 aromatic carbocycles. The summed E-state index contributed by atoms with van der Waals surface area (Å²) in [5, 5.41) is 3.47. The molecule has 4 heteroatoms. The minimum atomic E-state index is -0.0784. The van der Waals surface area contributed by atoms with E-state index in [-0.39, 0.29) is 11.5 Å². The highest BCUT2D eigenvalue weighted by Gasteiger charge is 2.52. The highest BCUT2D eigenvalue weighted by molar-refractivity contribution is 5.84. The van der Waals surface area contributed by atoms with Crippen molar-refractivity contribution < 1.29 is 4.79 Å². The number of nitrogens with two attached hydrogens (primary N) is 1. The van der Waals surface area contributed by atoms with E-state index in [0.29, 0.717) is 17.7 Å². The van der Waals surface area contributed by atoms with Gasteiger partial charge in [-0.25, -0.2) is 0 Å². The maximum atomic E-state index is 13.0. The minimum absolute atomic E-state index is 0.0784. The van der Waals surface area contributed by atoms with E-state index in [4.69, 9.17) is 5.73 Å². The van der Waals surface area contributed by atoms with Gasteiger partial charge in [-0.3, -0.25) is 4.79 Å². The number of fused-ring (bicyclic) bond motifs is 1. The maximum Gasteiger partial charge on any atom is 0.230 e. The van der Waals surface area contributed by atoms with Gasteiger partial charge in [0.2, 0.25) is 5.91 Å². The van der Waals surface area contributed by atoms with Crippen molar-refractivity contribution in [2.24, 2.45) is 23.0 Å². The fraction of sp³-hybridized carbons (Fsp3) is 0.933. The van der Waals surface area contributed by atoms with Crippen molar-refractivity contribution in [3.8, 4) is 0 Å². The largest absolute Gasteiger partial charge is 0.342 e. The van der Waals surface area contributed by atoms with Crippen LogP contribution in [0.5, 0.6) is 0 Å². The van der Waals surface area contributed by atoms with E-state index in [1.54, 1.807) is 0 Å². The van der Waals surface area contributed by atoms with Gasteiger partial charge in [-0.05, 0) is 44.6 Å². The summed E-state index contributed by atoms with van der Waals surface area (Å²) in [6, 6.07) is 0.208. The molecule has 3 rings (SSSR count). The average Bonchev–Trinajstić information content (AvgIpc) is 3.05. The Morgan fingerprint density at radius 1 is 1.42 bits per heavy atom. The lowest BCUT2D eigenvalue weighted by Gasteiger charge is -2.40. The standard InChI is InChI=1S/C15H27N3O/c1-11(16)12-5-7-18(9-12)14(19)15-6-3-2-4-13(15)8-17-10-15/h11-13,17H,2-10,16H2,1H3/t11?,12?,13-,15+/m0/s1. The van der Waals surface area contributed by atoms with Crippen LogP contribution in [-0.2, 0) is 4.79 Å². The first-order valence-electron chi connectivity index (χ1n) is 7.89. The summed E-state index contributed by atoms with van der Waals surface area (Å²) in [5.41, 5.74) is 5.91. The molecule has 0 radical (unpaired) electrons. The summed E-state index contributed by atoms with van der Waals surface area (Å²) < 4.78 is 0. The molecule has 3 N–H and O–H groups in total. The van der Waals surface area contributed by atoms with E-state index < -0.39 is 0 Å². The molecule has 108 valence electrons. The lowest BCUT2D eigenvalue weighted by Crippen LogP contribution is -2.49. The fourth-order valence-corrected chi connectivity index (χ4v) is 4.38. The molecule has 3 aliphatic rings. The third-order valence-electron chi connectivity index (χ3n) is 5.72. The predicted octanol–water partition coefficient (Wildman–Crippen LogP) is 0.962. The van der Waals surface area contributed by atoms with Crippen LogP contribution in [0.4, 0.5) is 0 Å². The smallest absolute Gasteiger partial charge is 0.230 e. The number of likely N-dealkylation sites (tertiary alicyclic amines) is 1. The average molecular weight is 265 g/mol. The van der Waals surface area contributed by atoms with Crippen LogP contribution >= 0.6 is 0 Å². The molecule has 4 atom stereocenters. The lowest BCUT2D eigenvalue weighted by molar-refractivity contribution is -0.144. The van der Waals surface area contributed by atoms with E-state index in [1.165, 1.54) is 19.3 Å². The van der Waals surface area contributed by atoms with Crippen molar-refractivity contribution in [2.45, 2.75) is 45.1 Å². The maximum absolute atomic E-state index is 13.0. The van der Waals surface area contributed by atoms with Crippen molar-refractivity contribution in [1.82, 2.24) is 10.2 Å². The highest BCUT2D eigenvalue weighted by atomic mass is 16.2. The molecule has 3 fully saturated rings. The Morgan fingerprint density at radius 3 is 3.00 bits per heavy atom. The van der Waals surface area contributed by atoms with Gasteiger partial charge in [0, 0.05) is 25.7 Å². The van der Waals surface area contributed by atoms with Crippen molar-refractivity contribution >= 4 is 5.91 Å². The van der Waals surface area contributed by atoms with Gasteiger partial charge < -0.3 is 16.0 Å². The van der Waals surface area contributed by atoms with Crippen LogP contribution in [0.2, 0.25) is 0 Å². The van der Waals surface area contributed by atoms with Crippen molar-refractivity contribution in [1.29, 1.82) is 0 Å². The Labute approximate surface area is 116 Å². The van der Waals surface area contributed by atoms with E-state index in [1.807, 2.05) is 0 Å². The summed E-state index contributed by atoms with van der Waals surface area (Å²) in [4.78, 5) is 15.1. The molecule has 1 aliphatic carbocycles. The molecule has 0 bridgehead atoms. The number of nitrogens with one attached hydrogen (secondary N) is 1. The molecular weight excluding hydrogens is 238 g/mol. The normalized spacial score (nSPS) is 40.2. The Balaban J connectivity index is 1.73. The molecule has 19 heavy (non-hydrogen) atoms. The summed E-state index contributed by atoms with van der Waals surface area (Å²) in [5.74, 6) is 1.49. The number of carbonyl (C=O) groups excluding carboxylic acids is 1. The van der Waals surface area contributed by atoms with Crippen molar-refractivity contribution in [2.75, 3.05) is 26.2 Å². The molecule has 2 saturated heterocycles. The van der Waals surface area contributed by atoms with Gasteiger partial charge in [-0.1, -0.05) is 12.8 Å². The van der Waals surface area contributed by atoms with Crippen LogP contribution in [0.1, 0.15) is 39.0 Å². The molecule has 0 aromatic rings. The van der Waals surface area contributed by atoms with Crippen LogP contribution in [0, 0.1) is 17.3 Å². The zero-order valence-corrected chi connectivity index (χ0v) is 12.0. The molecule has 0 spiro atoms. The summed E-state index contributed by atoms with van der Waals surface area (Å²) in [6.07, 6.45) is 5.90. The van der Waals surface area contributed by atoms with E-state index in [2.05, 4.69) is 17.1 Å². The number of hydrogen-bond acceptors (Lipinski definition) is 3. The molecule has 2 aliphatic heterocycles. The Bertz CT molecular complexity index is 357. The van der Waals surface area contributed by atoms with E-state index in [9.17, 15) is 4.79 Å². The number of hydrogen-bond donors (Lipinski definition) is 2. The first kappa shape index (κ1) is 13.4.